The summed E-state index contributed by atoms with van der Waals surface area (Å²) in [6, 6.07) is 6.55. The molecule has 0 atom stereocenters. The van der Waals surface area contributed by atoms with Gasteiger partial charge >= 0.3 is 6.03 Å². The molecule has 21 heavy (non-hydrogen) atoms. The zero-order valence-corrected chi connectivity index (χ0v) is 12.9. The van der Waals surface area contributed by atoms with Gasteiger partial charge < -0.3 is 15.4 Å². The van der Waals surface area contributed by atoms with E-state index in [0.29, 0.717) is 36.9 Å². The first kappa shape index (κ1) is 17.2. The second-order valence-electron chi connectivity index (χ2n) is 5.31. The van der Waals surface area contributed by atoms with Crippen LogP contribution in [0.4, 0.5) is 10.5 Å². The SMILES string of the molecule is CC(=O)c1cccc(NC(=O)NCCOCCC(C)C)c1. The van der Waals surface area contributed by atoms with E-state index in [-0.39, 0.29) is 11.8 Å². The number of benzene rings is 1. The highest BCUT2D eigenvalue weighted by Crippen LogP contribution is 2.10. The van der Waals surface area contributed by atoms with Crippen LogP contribution in [0, 0.1) is 5.92 Å². The summed E-state index contributed by atoms with van der Waals surface area (Å²) < 4.78 is 5.41. The molecule has 1 aromatic rings. The van der Waals surface area contributed by atoms with E-state index in [0.717, 1.165) is 6.42 Å². The lowest BCUT2D eigenvalue weighted by molar-refractivity contribution is 0.101. The third kappa shape index (κ3) is 7.46. The molecule has 0 radical (unpaired) electrons. The molecule has 5 heteroatoms. The second kappa shape index (κ2) is 9.13. The van der Waals surface area contributed by atoms with Crippen molar-refractivity contribution in [2.45, 2.75) is 27.2 Å². The molecule has 0 saturated heterocycles. The summed E-state index contributed by atoms with van der Waals surface area (Å²) in [7, 11) is 0. The molecule has 0 unspecified atom stereocenters. The van der Waals surface area contributed by atoms with Crippen molar-refractivity contribution < 1.29 is 14.3 Å². The quantitative estimate of drug-likeness (QED) is 0.571. The summed E-state index contributed by atoms with van der Waals surface area (Å²) in [4.78, 5) is 22.9. The van der Waals surface area contributed by atoms with Crippen molar-refractivity contribution in [2.75, 3.05) is 25.1 Å². The zero-order chi connectivity index (χ0) is 15.7. The van der Waals surface area contributed by atoms with Crippen LogP contribution in [0.1, 0.15) is 37.6 Å². The van der Waals surface area contributed by atoms with Gasteiger partial charge in [0.05, 0.1) is 6.61 Å². The smallest absolute Gasteiger partial charge is 0.319 e. The number of anilines is 1. The highest BCUT2D eigenvalue weighted by molar-refractivity contribution is 5.96. The Morgan fingerprint density at radius 3 is 2.67 bits per heavy atom. The van der Waals surface area contributed by atoms with Gasteiger partial charge in [-0.05, 0) is 31.4 Å². The minimum Gasteiger partial charge on any atom is -0.380 e. The van der Waals surface area contributed by atoms with Crippen LogP contribution >= 0.6 is 0 Å². The van der Waals surface area contributed by atoms with Crippen molar-refractivity contribution in [3.8, 4) is 0 Å². The Hall–Kier alpha value is -1.88. The van der Waals surface area contributed by atoms with Crippen LogP contribution in [-0.2, 0) is 4.74 Å². The molecule has 1 rings (SSSR count). The minimum absolute atomic E-state index is 0.0300. The lowest BCUT2D eigenvalue weighted by Crippen LogP contribution is -2.31. The number of rotatable bonds is 8. The number of hydrogen-bond acceptors (Lipinski definition) is 3. The summed E-state index contributed by atoms with van der Waals surface area (Å²) >= 11 is 0. The van der Waals surface area contributed by atoms with Crippen LogP contribution in [-0.4, -0.2) is 31.6 Å². The zero-order valence-electron chi connectivity index (χ0n) is 12.9. The van der Waals surface area contributed by atoms with Gasteiger partial charge in [0.1, 0.15) is 0 Å². The molecular formula is C16H24N2O3. The predicted molar refractivity (Wildman–Crippen MR) is 83.7 cm³/mol. The van der Waals surface area contributed by atoms with Crippen LogP contribution in [0.2, 0.25) is 0 Å². The number of ether oxygens (including phenoxy) is 1. The van der Waals surface area contributed by atoms with E-state index in [4.69, 9.17) is 4.74 Å². The number of carbonyl (C=O) groups excluding carboxylic acids is 2. The van der Waals surface area contributed by atoms with Gasteiger partial charge in [-0.25, -0.2) is 4.79 Å². The molecule has 0 bridgehead atoms. The molecule has 0 aliphatic carbocycles. The van der Waals surface area contributed by atoms with E-state index in [1.807, 2.05) is 0 Å². The number of carbonyl (C=O) groups is 2. The number of urea groups is 1. The third-order valence-corrected chi connectivity index (χ3v) is 2.90. The van der Waals surface area contributed by atoms with Crippen LogP contribution < -0.4 is 10.6 Å². The van der Waals surface area contributed by atoms with E-state index in [9.17, 15) is 9.59 Å². The molecule has 0 aliphatic heterocycles. The van der Waals surface area contributed by atoms with Crippen LogP contribution in [0.25, 0.3) is 0 Å². The van der Waals surface area contributed by atoms with Crippen molar-refractivity contribution >= 4 is 17.5 Å². The van der Waals surface area contributed by atoms with Crippen molar-refractivity contribution in [3.05, 3.63) is 29.8 Å². The first-order valence-electron chi connectivity index (χ1n) is 7.22. The standard InChI is InChI=1S/C16H24N2O3/c1-12(2)7-9-21-10-8-17-16(20)18-15-6-4-5-14(11-15)13(3)19/h4-6,11-12H,7-10H2,1-3H3,(H2,17,18,20). The Kier molecular flexibility index (Phi) is 7.46. The fourth-order valence-electron chi connectivity index (χ4n) is 1.65. The van der Waals surface area contributed by atoms with Crippen molar-refractivity contribution in [1.29, 1.82) is 0 Å². The van der Waals surface area contributed by atoms with Crippen molar-refractivity contribution in [2.24, 2.45) is 5.92 Å². The van der Waals surface area contributed by atoms with Gasteiger partial charge in [-0.3, -0.25) is 4.79 Å². The topological polar surface area (TPSA) is 67.4 Å². The Labute approximate surface area is 126 Å². The van der Waals surface area contributed by atoms with Crippen LogP contribution in [0.3, 0.4) is 0 Å². The van der Waals surface area contributed by atoms with Crippen molar-refractivity contribution in [3.63, 3.8) is 0 Å². The van der Waals surface area contributed by atoms with E-state index in [1.54, 1.807) is 24.3 Å². The lowest BCUT2D eigenvalue weighted by atomic mass is 10.1. The summed E-state index contributed by atoms with van der Waals surface area (Å²) in [6.07, 6.45) is 1.02. The summed E-state index contributed by atoms with van der Waals surface area (Å²) in [5.41, 5.74) is 1.17. The van der Waals surface area contributed by atoms with E-state index in [2.05, 4.69) is 24.5 Å². The van der Waals surface area contributed by atoms with Gasteiger partial charge in [0, 0.05) is 24.4 Å². The Morgan fingerprint density at radius 2 is 2.00 bits per heavy atom. The number of Topliss-reactive ketones (excluding diaryl/α,β-unsaturated/α-hetero) is 1. The van der Waals surface area contributed by atoms with Crippen LogP contribution in [0.5, 0.6) is 0 Å². The largest absolute Gasteiger partial charge is 0.380 e. The first-order chi connectivity index (χ1) is 9.99. The molecule has 0 aliphatic rings. The maximum Gasteiger partial charge on any atom is 0.319 e. The Morgan fingerprint density at radius 1 is 1.24 bits per heavy atom. The molecule has 0 heterocycles. The number of nitrogens with one attached hydrogen (secondary N) is 2. The first-order valence-corrected chi connectivity index (χ1v) is 7.22. The number of amides is 2. The van der Waals surface area contributed by atoms with E-state index in [1.165, 1.54) is 6.92 Å². The highest BCUT2D eigenvalue weighted by Gasteiger charge is 2.04. The van der Waals surface area contributed by atoms with Crippen LogP contribution in [0.15, 0.2) is 24.3 Å². The van der Waals surface area contributed by atoms with E-state index < -0.39 is 0 Å². The third-order valence-electron chi connectivity index (χ3n) is 2.90. The average Bonchev–Trinajstić information content (AvgIpc) is 2.42. The molecule has 0 spiro atoms. The molecule has 0 aromatic heterocycles. The summed E-state index contributed by atoms with van der Waals surface area (Å²) in [5.74, 6) is 0.590. The highest BCUT2D eigenvalue weighted by atomic mass is 16.5. The summed E-state index contributed by atoms with van der Waals surface area (Å²) in [5, 5.41) is 5.40. The second-order valence-corrected chi connectivity index (χ2v) is 5.31. The predicted octanol–water partition coefficient (Wildman–Crippen LogP) is 3.07. The minimum atomic E-state index is -0.303. The van der Waals surface area contributed by atoms with Gasteiger partial charge in [0.15, 0.2) is 5.78 Å². The normalized spacial score (nSPS) is 10.5. The average molecular weight is 292 g/mol. The molecule has 0 fully saturated rings. The molecule has 2 N–H and O–H groups in total. The molecular weight excluding hydrogens is 268 g/mol. The van der Waals surface area contributed by atoms with Gasteiger partial charge in [0.2, 0.25) is 0 Å². The van der Waals surface area contributed by atoms with Gasteiger partial charge in [-0.1, -0.05) is 26.0 Å². The molecule has 2 amide bonds. The summed E-state index contributed by atoms with van der Waals surface area (Å²) in [6.45, 7) is 7.44. The fourth-order valence-corrected chi connectivity index (χ4v) is 1.65. The maximum atomic E-state index is 11.7. The Bertz CT molecular complexity index is 472. The molecule has 0 saturated carbocycles. The van der Waals surface area contributed by atoms with Crippen molar-refractivity contribution in [1.82, 2.24) is 5.32 Å². The Balaban J connectivity index is 2.24. The lowest BCUT2D eigenvalue weighted by Gasteiger charge is -2.09. The van der Waals surface area contributed by atoms with Gasteiger partial charge in [0.25, 0.3) is 0 Å². The van der Waals surface area contributed by atoms with Gasteiger partial charge in [-0.2, -0.15) is 0 Å². The molecule has 5 nitrogen and oxygen atoms in total. The maximum absolute atomic E-state index is 11.7. The molecule has 1 aromatic carbocycles. The van der Waals surface area contributed by atoms with Gasteiger partial charge in [-0.15, -0.1) is 0 Å². The number of hydrogen-bond donors (Lipinski definition) is 2. The molecule has 116 valence electrons. The van der Waals surface area contributed by atoms with E-state index >= 15 is 0 Å². The number of ketones is 1. The monoisotopic (exact) mass is 292 g/mol. The fraction of sp³-hybridized carbons (Fsp3) is 0.500.